The molecule has 0 unspecified atom stereocenters. The molecule has 144 valence electrons. The zero-order valence-electron chi connectivity index (χ0n) is 17.1. The third-order valence-electron chi connectivity index (χ3n) is 5.97. The summed E-state index contributed by atoms with van der Waals surface area (Å²) in [7, 11) is 0. The molecule has 0 radical (unpaired) electrons. The van der Waals surface area contributed by atoms with Gasteiger partial charge in [-0.25, -0.2) is 9.97 Å². The number of nitrogens with one attached hydrogen (secondary N) is 1. The molecule has 2 heterocycles. The Bertz CT molecular complexity index is 806. The molecule has 4 nitrogen and oxygen atoms in total. The highest BCUT2D eigenvalue weighted by molar-refractivity contribution is 5.53. The van der Waals surface area contributed by atoms with Crippen molar-refractivity contribution in [3.63, 3.8) is 0 Å². The lowest BCUT2D eigenvalue weighted by molar-refractivity contribution is 0.474. The molecule has 1 aliphatic carbocycles. The molecule has 0 spiro atoms. The largest absolute Gasteiger partial charge is 0.367 e. The first-order valence-corrected chi connectivity index (χ1v) is 10.4. The molecule has 4 rings (SSSR count). The maximum Gasteiger partial charge on any atom is 0.135 e. The molecule has 1 aliphatic heterocycles. The highest BCUT2D eigenvalue weighted by Gasteiger charge is 2.32. The van der Waals surface area contributed by atoms with Crippen LogP contribution in [-0.4, -0.2) is 22.6 Å². The van der Waals surface area contributed by atoms with E-state index in [9.17, 15) is 0 Å². The van der Waals surface area contributed by atoms with Gasteiger partial charge in [0.25, 0.3) is 0 Å². The SMILES string of the molecule is CC(C)c1nc(NC2CCCC2)cc(N2Cc3ccccc3C(C)(C)C2)n1. The van der Waals surface area contributed by atoms with Crippen molar-refractivity contribution in [1.82, 2.24) is 9.97 Å². The van der Waals surface area contributed by atoms with Gasteiger partial charge in [-0.1, -0.05) is 64.8 Å². The van der Waals surface area contributed by atoms with Crippen molar-refractivity contribution in [2.45, 2.75) is 77.3 Å². The van der Waals surface area contributed by atoms with Crippen LogP contribution in [0.25, 0.3) is 0 Å². The predicted molar refractivity (Wildman–Crippen MR) is 113 cm³/mol. The van der Waals surface area contributed by atoms with Crippen LogP contribution in [0.1, 0.15) is 76.2 Å². The summed E-state index contributed by atoms with van der Waals surface area (Å²) >= 11 is 0. The first-order valence-electron chi connectivity index (χ1n) is 10.4. The monoisotopic (exact) mass is 364 g/mol. The molecule has 2 aromatic rings. The van der Waals surface area contributed by atoms with E-state index >= 15 is 0 Å². The van der Waals surface area contributed by atoms with Crippen LogP contribution in [0, 0.1) is 0 Å². The Morgan fingerprint density at radius 1 is 1.11 bits per heavy atom. The maximum absolute atomic E-state index is 4.94. The third kappa shape index (κ3) is 3.80. The Kier molecular flexibility index (Phi) is 4.83. The van der Waals surface area contributed by atoms with Crippen LogP contribution in [-0.2, 0) is 12.0 Å². The smallest absolute Gasteiger partial charge is 0.135 e. The lowest BCUT2D eigenvalue weighted by Gasteiger charge is -2.40. The number of aromatic nitrogens is 2. The number of hydrogen-bond acceptors (Lipinski definition) is 4. The zero-order chi connectivity index (χ0) is 19.0. The van der Waals surface area contributed by atoms with Gasteiger partial charge in [0, 0.05) is 36.5 Å². The summed E-state index contributed by atoms with van der Waals surface area (Å²) in [6.45, 7) is 10.9. The zero-order valence-corrected chi connectivity index (χ0v) is 17.1. The van der Waals surface area contributed by atoms with E-state index in [0.29, 0.717) is 12.0 Å². The summed E-state index contributed by atoms with van der Waals surface area (Å²) in [5.41, 5.74) is 2.98. The normalized spacial score (nSPS) is 19.4. The molecular formula is C23H32N4. The van der Waals surface area contributed by atoms with Crippen molar-refractivity contribution in [3.05, 3.63) is 47.3 Å². The van der Waals surface area contributed by atoms with E-state index < -0.39 is 0 Å². The summed E-state index contributed by atoms with van der Waals surface area (Å²) in [5, 5.41) is 3.68. The molecule has 1 N–H and O–H groups in total. The Hall–Kier alpha value is -2.10. The number of benzene rings is 1. The van der Waals surface area contributed by atoms with Gasteiger partial charge in [0.05, 0.1) is 0 Å². The van der Waals surface area contributed by atoms with Gasteiger partial charge in [-0.2, -0.15) is 0 Å². The number of rotatable bonds is 4. The van der Waals surface area contributed by atoms with Gasteiger partial charge in [-0.3, -0.25) is 0 Å². The van der Waals surface area contributed by atoms with E-state index in [0.717, 1.165) is 30.5 Å². The molecule has 1 saturated carbocycles. The Balaban J connectivity index is 1.67. The molecule has 4 heteroatoms. The summed E-state index contributed by atoms with van der Waals surface area (Å²) in [5.74, 6) is 3.30. The van der Waals surface area contributed by atoms with Gasteiger partial charge in [0.2, 0.25) is 0 Å². The summed E-state index contributed by atoms with van der Waals surface area (Å²) < 4.78 is 0. The second-order valence-corrected chi connectivity index (χ2v) is 9.15. The van der Waals surface area contributed by atoms with Gasteiger partial charge in [0.15, 0.2) is 0 Å². The lowest BCUT2D eigenvalue weighted by Crippen LogP contribution is -2.42. The highest BCUT2D eigenvalue weighted by Crippen LogP contribution is 2.36. The van der Waals surface area contributed by atoms with Gasteiger partial charge in [-0.15, -0.1) is 0 Å². The average Bonchev–Trinajstić information content (AvgIpc) is 3.14. The van der Waals surface area contributed by atoms with Crippen molar-refractivity contribution in [3.8, 4) is 0 Å². The fourth-order valence-electron chi connectivity index (χ4n) is 4.53. The molecular weight excluding hydrogens is 332 g/mol. The maximum atomic E-state index is 4.94. The molecule has 0 bridgehead atoms. The fraction of sp³-hybridized carbons (Fsp3) is 0.565. The number of fused-ring (bicyclic) bond motifs is 1. The summed E-state index contributed by atoms with van der Waals surface area (Å²) in [6, 6.07) is 11.6. The first kappa shape index (κ1) is 18.3. The van der Waals surface area contributed by atoms with Crippen LogP contribution >= 0.6 is 0 Å². The van der Waals surface area contributed by atoms with Crippen LogP contribution < -0.4 is 10.2 Å². The number of nitrogens with zero attached hydrogens (tertiary/aromatic N) is 3. The molecule has 27 heavy (non-hydrogen) atoms. The average molecular weight is 365 g/mol. The van der Waals surface area contributed by atoms with Crippen molar-refractivity contribution >= 4 is 11.6 Å². The Morgan fingerprint density at radius 2 is 1.85 bits per heavy atom. The fourth-order valence-corrected chi connectivity index (χ4v) is 4.53. The number of anilines is 2. The van der Waals surface area contributed by atoms with E-state index in [1.165, 1.54) is 36.8 Å². The topological polar surface area (TPSA) is 41.1 Å². The molecule has 2 aliphatic rings. The van der Waals surface area contributed by atoms with Crippen molar-refractivity contribution in [2.75, 3.05) is 16.8 Å². The Labute approximate surface area is 163 Å². The van der Waals surface area contributed by atoms with Crippen molar-refractivity contribution < 1.29 is 0 Å². The van der Waals surface area contributed by atoms with Crippen LogP contribution in [0.4, 0.5) is 11.6 Å². The second-order valence-electron chi connectivity index (χ2n) is 9.15. The third-order valence-corrected chi connectivity index (χ3v) is 5.97. The van der Waals surface area contributed by atoms with Gasteiger partial charge < -0.3 is 10.2 Å². The molecule has 0 saturated heterocycles. The van der Waals surface area contributed by atoms with Crippen LogP contribution in [0.3, 0.4) is 0 Å². The van der Waals surface area contributed by atoms with Crippen LogP contribution in [0.5, 0.6) is 0 Å². The molecule has 1 aromatic carbocycles. The van der Waals surface area contributed by atoms with Crippen molar-refractivity contribution in [1.29, 1.82) is 0 Å². The van der Waals surface area contributed by atoms with E-state index in [1.807, 2.05) is 0 Å². The quantitative estimate of drug-likeness (QED) is 0.804. The van der Waals surface area contributed by atoms with Gasteiger partial charge in [0.1, 0.15) is 17.5 Å². The highest BCUT2D eigenvalue weighted by atomic mass is 15.2. The van der Waals surface area contributed by atoms with Gasteiger partial charge >= 0.3 is 0 Å². The second kappa shape index (κ2) is 7.14. The summed E-state index contributed by atoms with van der Waals surface area (Å²) in [6.07, 6.45) is 5.15. The van der Waals surface area contributed by atoms with Crippen LogP contribution in [0.15, 0.2) is 30.3 Å². The first-order chi connectivity index (χ1) is 12.9. The number of hydrogen-bond donors (Lipinski definition) is 1. The molecule has 0 amide bonds. The van der Waals surface area contributed by atoms with E-state index in [-0.39, 0.29) is 5.41 Å². The summed E-state index contributed by atoms with van der Waals surface area (Å²) in [4.78, 5) is 12.2. The minimum atomic E-state index is 0.108. The lowest BCUT2D eigenvalue weighted by atomic mass is 9.78. The van der Waals surface area contributed by atoms with E-state index in [4.69, 9.17) is 9.97 Å². The minimum absolute atomic E-state index is 0.108. The molecule has 0 atom stereocenters. The minimum Gasteiger partial charge on any atom is -0.367 e. The standard InChI is InChI=1S/C23H32N4/c1-16(2)22-25-20(24-18-10-6-7-11-18)13-21(26-22)27-14-17-9-5-8-12-19(17)23(3,4)15-27/h5,8-9,12-13,16,18H,6-7,10-11,14-15H2,1-4H3,(H,24,25,26). The van der Waals surface area contributed by atoms with Gasteiger partial charge in [-0.05, 0) is 24.0 Å². The predicted octanol–water partition coefficient (Wildman–Crippen LogP) is 5.25. The molecule has 1 fully saturated rings. The van der Waals surface area contributed by atoms with E-state index in [1.54, 1.807) is 0 Å². The molecule has 1 aromatic heterocycles. The van der Waals surface area contributed by atoms with E-state index in [2.05, 4.69) is 68.2 Å². The Morgan fingerprint density at radius 3 is 2.59 bits per heavy atom. The van der Waals surface area contributed by atoms with Crippen LogP contribution in [0.2, 0.25) is 0 Å². The van der Waals surface area contributed by atoms with Crippen molar-refractivity contribution in [2.24, 2.45) is 0 Å².